The van der Waals surface area contributed by atoms with Gasteiger partial charge in [0.25, 0.3) is 5.89 Å². The molecule has 0 saturated heterocycles. The van der Waals surface area contributed by atoms with Gasteiger partial charge in [0, 0.05) is 6.92 Å². The van der Waals surface area contributed by atoms with Gasteiger partial charge >= 0.3 is 0 Å². The minimum absolute atomic E-state index is 0.0214. The summed E-state index contributed by atoms with van der Waals surface area (Å²) < 4.78 is 4.91. The Morgan fingerprint density at radius 3 is 2.67 bits per heavy atom. The monoisotopic (exact) mass is 210 g/mol. The number of hydrogen-bond acceptors (Lipinski definition) is 4. The van der Waals surface area contributed by atoms with Gasteiger partial charge in [0.05, 0.1) is 6.20 Å². The fraction of sp³-hybridized carbons (Fsp3) is 0.500. The van der Waals surface area contributed by atoms with E-state index < -0.39 is 5.54 Å². The van der Waals surface area contributed by atoms with E-state index in [-0.39, 0.29) is 17.6 Å². The molecule has 15 heavy (non-hydrogen) atoms. The molecule has 0 aromatic carbocycles. The highest BCUT2D eigenvalue weighted by Crippen LogP contribution is 2.15. The summed E-state index contributed by atoms with van der Waals surface area (Å²) in [6.07, 6.45) is 3.21. The van der Waals surface area contributed by atoms with Gasteiger partial charge < -0.3 is 9.73 Å². The number of amides is 1. The number of oxazole rings is 1. The van der Waals surface area contributed by atoms with E-state index in [9.17, 15) is 9.59 Å². The van der Waals surface area contributed by atoms with E-state index >= 15 is 0 Å². The lowest BCUT2D eigenvalue weighted by Gasteiger charge is -2.25. The van der Waals surface area contributed by atoms with E-state index in [1.54, 1.807) is 6.92 Å². The molecular weight excluding hydrogens is 196 g/mol. The number of hydrogen-bond donors (Lipinski definition) is 1. The number of nitrogens with one attached hydrogen (secondary N) is 1. The Bertz CT molecular complexity index is 359. The van der Waals surface area contributed by atoms with Gasteiger partial charge in [0.1, 0.15) is 11.8 Å². The summed E-state index contributed by atoms with van der Waals surface area (Å²) in [5.41, 5.74) is -0.948. The fourth-order valence-electron chi connectivity index (χ4n) is 1.27. The van der Waals surface area contributed by atoms with Gasteiger partial charge in [-0.05, 0) is 13.3 Å². The van der Waals surface area contributed by atoms with Gasteiger partial charge in [-0.1, -0.05) is 6.92 Å². The van der Waals surface area contributed by atoms with Crippen LogP contribution in [0.3, 0.4) is 0 Å². The molecule has 0 spiro atoms. The van der Waals surface area contributed by atoms with Crippen LogP contribution in [0.15, 0.2) is 16.9 Å². The topological polar surface area (TPSA) is 72.2 Å². The minimum atomic E-state index is -0.948. The summed E-state index contributed by atoms with van der Waals surface area (Å²) in [6, 6.07) is 0. The first-order chi connectivity index (χ1) is 6.99. The predicted octanol–water partition coefficient (Wildman–Crippen LogP) is 1.16. The number of Topliss-reactive ketones (excluding diaryl/α,β-unsaturated/α-hetero) is 1. The number of aromatic nitrogens is 1. The number of carbonyl (C=O) groups is 2. The lowest BCUT2D eigenvalue weighted by molar-refractivity contribution is -0.120. The predicted molar refractivity (Wildman–Crippen MR) is 53.3 cm³/mol. The molecule has 1 atom stereocenters. The number of ketones is 1. The van der Waals surface area contributed by atoms with E-state index in [1.165, 1.54) is 19.4 Å². The molecule has 0 aliphatic rings. The minimum Gasteiger partial charge on any atom is -0.442 e. The summed E-state index contributed by atoms with van der Waals surface area (Å²) in [4.78, 5) is 26.7. The highest BCUT2D eigenvalue weighted by Gasteiger charge is 2.35. The Hall–Kier alpha value is -1.65. The number of rotatable bonds is 4. The summed E-state index contributed by atoms with van der Waals surface area (Å²) >= 11 is 0. The average Bonchev–Trinajstić information content (AvgIpc) is 2.68. The van der Waals surface area contributed by atoms with Crippen molar-refractivity contribution < 1.29 is 14.0 Å². The van der Waals surface area contributed by atoms with E-state index in [1.807, 2.05) is 6.92 Å². The molecule has 0 fully saturated rings. The van der Waals surface area contributed by atoms with Crippen LogP contribution >= 0.6 is 0 Å². The van der Waals surface area contributed by atoms with Crippen LogP contribution in [0.4, 0.5) is 0 Å². The maximum atomic E-state index is 11.9. The molecule has 0 bridgehead atoms. The third-order valence-corrected chi connectivity index (χ3v) is 2.29. The van der Waals surface area contributed by atoms with Gasteiger partial charge in [-0.15, -0.1) is 0 Å². The molecule has 5 heteroatoms. The molecule has 0 saturated carbocycles. The van der Waals surface area contributed by atoms with Crippen molar-refractivity contribution in [3.63, 3.8) is 0 Å². The van der Waals surface area contributed by atoms with Gasteiger partial charge in [-0.2, -0.15) is 0 Å². The van der Waals surface area contributed by atoms with Crippen molar-refractivity contribution in [1.29, 1.82) is 0 Å². The maximum Gasteiger partial charge on any atom is 0.265 e. The maximum absolute atomic E-state index is 11.9. The van der Waals surface area contributed by atoms with Crippen molar-refractivity contribution in [3.8, 4) is 0 Å². The highest BCUT2D eigenvalue weighted by atomic mass is 16.3. The van der Waals surface area contributed by atoms with Gasteiger partial charge in [0.2, 0.25) is 11.7 Å². The van der Waals surface area contributed by atoms with Crippen molar-refractivity contribution in [2.45, 2.75) is 32.7 Å². The normalized spacial score (nSPS) is 14.3. The summed E-state index contributed by atoms with van der Waals surface area (Å²) in [5.74, 6) is -0.544. The molecule has 0 unspecified atom stereocenters. The van der Waals surface area contributed by atoms with Crippen molar-refractivity contribution >= 4 is 11.7 Å². The van der Waals surface area contributed by atoms with E-state index in [0.29, 0.717) is 6.42 Å². The van der Waals surface area contributed by atoms with Crippen LogP contribution in [0.1, 0.15) is 37.9 Å². The van der Waals surface area contributed by atoms with Gasteiger partial charge in [-0.25, -0.2) is 4.98 Å². The molecular formula is C10H14N2O3. The highest BCUT2D eigenvalue weighted by molar-refractivity contribution is 6.01. The molecule has 0 radical (unpaired) electrons. The Morgan fingerprint density at radius 2 is 2.27 bits per heavy atom. The smallest absolute Gasteiger partial charge is 0.265 e. The zero-order valence-corrected chi connectivity index (χ0v) is 9.03. The molecule has 1 rings (SSSR count). The first kappa shape index (κ1) is 11.4. The zero-order chi connectivity index (χ0) is 11.5. The molecule has 1 aromatic heterocycles. The second-order valence-corrected chi connectivity index (χ2v) is 3.53. The molecule has 82 valence electrons. The molecule has 5 nitrogen and oxygen atoms in total. The molecule has 0 aliphatic heterocycles. The summed E-state index contributed by atoms with van der Waals surface area (Å²) in [6.45, 7) is 4.84. The van der Waals surface area contributed by atoms with Crippen LogP contribution in [-0.4, -0.2) is 22.2 Å². The van der Waals surface area contributed by atoms with E-state index in [0.717, 1.165) is 0 Å². The summed E-state index contributed by atoms with van der Waals surface area (Å²) in [5, 5.41) is 2.61. The molecule has 1 heterocycles. The average molecular weight is 210 g/mol. The molecule has 1 N–H and O–H groups in total. The third-order valence-electron chi connectivity index (χ3n) is 2.29. The third kappa shape index (κ3) is 2.43. The zero-order valence-electron chi connectivity index (χ0n) is 9.03. The second-order valence-electron chi connectivity index (χ2n) is 3.53. The van der Waals surface area contributed by atoms with Crippen LogP contribution in [0.25, 0.3) is 0 Å². The molecule has 1 amide bonds. The Kier molecular flexibility index (Phi) is 3.24. The van der Waals surface area contributed by atoms with Gasteiger partial charge in [0.15, 0.2) is 0 Å². The van der Waals surface area contributed by atoms with Crippen molar-refractivity contribution in [1.82, 2.24) is 10.3 Å². The number of nitrogens with zero attached hydrogens (tertiary/aromatic N) is 1. The first-order valence-electron chi connectivity index (χ1n) is 4.72. The van der Waals surface area contributed by atoms with Crippen LogP contribution < -0.4 is 5.32 Å². The second kappa shape index (κ2) is 4.25. The standard InChI is InChI=1S/C10H14N2O3/c1-4-10(3,12-7(2)13)8(14)9-11-5-6-15-9/h5-6H,4H2,1-3H3,(H,12,13)/t10-/m0/s1. The van der Waals surface area contributed by atoms with Crippen LogP contribution in [0, 0.1) is 0 Å². The van der Waals surface area contributed by atoms with E-state index in [4.69, 9.17) is 4.42 Å². The van der Waals surface area contributed by atoms with Crippen molar-refractivity contribution in [3.05, 3.63) is 18.4 Å². The van der Waals surface area contributed by atoms with Crippen LogP contribution in [-0.2, 0) is 4.79 Å². The quantitative estimate of drug-likeness (QED) is 0.757. The molecule has 0 aliphatic carbocycles. The van der Waals surface area contributed by atoms with Crippen LogP contribution in [0.5, 0.6) is 0 Å². The number of carbonyl (C=O) groups excluding carboxylic acids is 2. The van der Waals surface area contributed by atoms with Gasteiger partial charge in [-0.3, -0.25) is 9.59 Å². The molecule has 1 aromatic rings. The Morgan fingerprint density at radius 1 is 1.60 bits per heavy atom. The van der Waals surface area contributed by atoms with Crippen LogP contribution in [0.2, 0.25) is 0 Å². The summed E-state index contributed by atoms with van der Waals surface area (Å²) in [7, 11) is 0. The lowest BCUT2D eigenvalue weighted by Crippen LogP contribution is -2.51. The van der Waals surface area contributed by atoms with Crippen molar-refractivity contribution in [2.75, 3.05) is 0 Å². The Labute approximate surface area is 87.9 Å². The lowest BCUT2D eigenvalue weighted by atomic mass is 9.93. The fourth-order valence-corrected chi connectivity index (χ4v) is 1.27. The van der Waals surface area contributed by atoms with E-state index in [2.05, 4.69) is 10.3 Å². The first-order valence-corrected chi connectivity index (χ1v) is 4.72. The SMILES string of the molecule is CC[C@](C)(NC(C)=O)C(=O)c1ncco1. The largest absolute Gasteiger partial charge is 0.442 e. The Balaban J connectivity index is 2.91. The van der Waals surface area contributed by atoms with Crippen molar-refractivity contribution in [2.24, 2.45) is 0 Å².